The molecule has 0 saturated carbocycles. The summed E-state index contributed by atoms with van der Waals surface area (Å²) in [5.74, 6) is 0. The van der Waals surface area contributed by atoms with Crippen molar-refractivity contribution in [3.63, 3.8) is 0 Å². The number of nitrogens with zero attached hydrogens (tertiary/aromatic N) is 1. The summed E-state index contributed by atoms with van der Waals surface area (Å²) in [6.07, 6.45) is 2.50. The van der Waals surface area contributed by atoms with Crippen LogP contribution in [0.25, 0.3) is 0 Å². The molecule has 0 radical (unpaired) electrons. The van der Waals surface area contributed by atoms with Crippen molar-refractivity contribution in [3.8, 4) is 0 Å². The third kappa shape index (κ3) is 8.22. The van der Waals surface area contributed by atoms with Crippen LogP contribution in [0.2, 0.25) is 0 Å². The van der Waals surface area contributed by atoms with Gasteiger partial charge in [-0.25, -0.2) is 0 Å². The van der Waals surface area contributed by atoms with E-state index >= 15 is 0 Å². The predicted octanol–water partition coefficient (Wildman–Crippen LogP) is 0.953. The molecule has 3 heteroatoms. The van der Waals surface area contributed by atoms with E-state index in [9.17, 15) is 0 Å². The minimum atomic E-state index is 0.635. The van der Waals surface area contributed by atoms with Gasteiger partial charge in [0.05, 0.1) is 6.61 Å². The summed E-state index contributed by atoms with van der Waals surface area (Å²) < 4.78 is 5.01. The first kappa shape index (κ1) is 12.9. The molecule has 0 aliphatic rings. The largest absolute Gasteiger partial charge is 0.383 e. The van der Waals surface area contributed by atoms with E-state index in [0.717, 1.165) is 19.7 Å². The second kappa shape index (κ2) is 8.48. The summed E-state index contributed by atoms with van der Waals surface area (Å²) in [4.78, 5) is 2.31. The lowest BCUT2D eigenvalue weighted by Crippen LogP contribution is -2.26. The second-order valence-corrected chi connectivity index (χ2v) is 3.63. The van der Waals surface area contributed by atoms with Gasteiger partial charge in [0.15, 0.2) is 0 Å². The van der Waals surface area contributed by atoms with Crippen molar-refractivity contribution in [2.24, 2.45) is 0 Å². The zero-order chi connectivity index (χ0) is 10.1. The smallest absolute Gasteiger partial charge is 0.0589 e. The van der Waals surface area contributed by atoms with Gasteiger partial charge < -0.3 is 15.0 Å². The first-order valence-electron chi connectivity index (χ1n) is 5.05. The first-order chi connectivity index (χ1) is 6.20. The number of methoxy groups -OCH3 is 1. The van der Waals surface area contributed by atoms with E-state index in [2.05, 4.69) is 24.2 Å². The summed E-state index contributed by atoms with van der Waals surface area (Å²) in [6, 6.07) is 0.635. The fourth-order valence-electron chi connectivity index (χ4n) is 1.17. The highest BCUT2D eigenvalue weighted by molar-refractivity contribution is 4.59. The molecular weight excluding hydrogens is 164 g/mol. The summed E-state index contributed by atoms with van der Waals surface area (Å²) in [5.41, 5.74) is 0. The third-order valence-electron chi connectivity index (χ3n) is 2.35. The molecule has 0 saturated heterocycles. The maximum absolute atomic E-state index is 5.01. The van der Waals surface area contributed by atoms with E-state index in [1.54, 1.807) is 7.11 Å². The van der Waals surface area contributed by atoms with Crippen LogP contribution in [0.5, 0.6) is 0 Å². The van der Waals surface area contributed by atoms with Gasteiger partial charge in [-0.1, -0.05) is 0 Å². The van der Waals surface area contributed by atoms with Gasteiger partial charge >= 0.3 is 0 Å². The predicted molar refractivity (Wildman–Crippen MR) is 57.1 cm³/mol. The SMILES string of the molecule is CNC(C)CCCN(C)CCOC. The Morgan fingerprint density at radius 2 is 2.08 bits per heavy atom. The van der Waals surface area contributed by atoms with Crippen LogP contribution in [-0.2, 0) is 4.74 Å². The molecule has 0 fully saturated rings. The van der Waals surface area contributed by atoms with Crippen LogP contribution >= 0.6 is 0 Å². The lowest BCUT2D eigenvalue weighted by molar-refractivity contribution is 0.160. The Labute approximate surface area is 82.4 Å². The Balaban J connectivity index is 3.21. The van der Waals surface area contributed by atoms with Crippen LogP contribution in [0, 0.1) is 0 Å². The Bertz CT molecular complexity index is 109. The number of rotatable bonds is 8. The van der Waals surface area contributed by atoms with E-state index < -0.39 is 0 Å². The van der Waals surface area contributed by atoms with Crippen molar-refractivity contribution in [2.75, 3.05) is 40.9 Å². The standard InChI is InChI=1S/C10H24N2O/c1-10(11-2)6-5-7-12(3)8-9-13-4/h10-11H,5-9H2,1-4H3. The molecule has 1 atom stereocenters. The van der Waals surface area contributed by atoms with Crippen molar-refractivity contribution in [1.82, 2.24) is 10.2 Å². The van der Waals surface area contributed by atoms with E-state index in [1.807, 2.05) is 7.05 Å². The fraction of sp³-hybridized carbons (Fsp3) is 1.00. The first-order valence-corrected chi connectivity index (χ1v) is 5.05. The molecule has 1 N–H and O–H groups in total. The van der Waals surface area contributed by atoms with Gasteiger partial charge in [0, 0.05) is 19.7 Å². The molecule has 0 aromatic heterocycles. The minimum absolute atomic E-state index is 0.635. The van der Waals surface area contributed by atoms with Gasteiger partial charge in [0.25, 0.3) is 0 Å². The van der Waals surface area contributed by atoms with Gasteiger partial charge in [0.2, 0.25) is 0 Å². The quantitative estimate of drug-likeness (QED) is 0.614. The van der Waals surface area contributed by atoms with E-state index in [0.29, 0.717) is 6.04 Å². The zero-order valence-electron chi connectivity index (χ0n) is 9.47. The average Bonchev–Trinajstić information content (AvgIpc) is 2.14. The van der Waals surface area contributed by atoms with E-state index in [-0.39, 0.29) is 0 Å². The molecule has 13 heavy (non-hydrogen) atoms. The number of hydrogen-bond acceptors (Lipinski definition) is 3. The highest BCUT2D eigenvalue weighted by Crippen LogP contribution is 1.97. The molecule has 0 heterocycles. The van der Waals surface area contributed by atoms with Gasteiger partial charge in [-0.15, -0.1) is 0 Å². The summed E-state index contributed by atoms with van der Waals surface area (Å²) in [6.45, 7) is 5.24. The lowest BCUT2D eigenvalue weighted by Gasteiger charge is -2.17. The Morgan fingerprint density at radius 1 is 1.38 bits per heavy atom. The second-order valence-electron chi connectivity index (χ2n) is 3.63. The topological polar surface area (TPSA) is 24.5 Å². The van der Waals surface area contributed by atoms with Crippen LogP contribution in [0.1, 0.15) is 19.8 Å². The molecule has 0 aliphatic carbocycles. The van der Waals surface area contributed by atoms with E-state index in [4.69, 9.17) is 4.74 Å². The molecule has 0 aromatic rings. The molecule has 80 valence electrons. The van der Waals surface area contributed by atoms with Crippen molar-refractivity contribution in [1.29, 1.82) is 0 Å². The Hall–Kier alpha value is -0.120. The number of likely N-dealkylation sites (N-methyl/N-ethyl adjacent to an activating group) is 1. The molecule has 0 aliphatic heterocycles. The average molecular weight is 188 g/mol. The van der Waals surface area contributed by atoms with Gasteiger partial charge in [-0.2, -0.15) is 0 Å². The van der Waals surface area contributed by atoms with Crippen LogP contribution < -0.4 is 5.32 Å². The van der Waals surface area contributed by atoms with Gasteiger partial charge in [0.1, 0.15) is 0 Å². The normalized spacial score (nSPS) is 13.6. The van der Waals surface area contributed by atoms with Crippen molar-refractivity contribution in [3.05, 3.63) is 0 Å². The Kier molecular flexibility index (Phi) is 8.40. The van der Waals surface area contributed by atoms with Crippen LogP contribution in [0.15, 0.2) is 0 Å². The lowest BCUT2D eigenvalue weighted by atomic mass is 10.2. The van der Waals surface area contributed by atoms with Crippen molar-refractivity contribution < 1.29 is 4.74 Å². The summed E-state index contributed by atoms with van der Waals surface area (Å²) >= 11 is 0. The minimum Gasteiger partial charge on any atom is -0.383 e. The maximum atomic E-state index is 5.01. The third-order valence-corrected chi connectivity index (χ3v) is 2.35. The molecule has 0 bridgehead atoms. The van der Waals surface area contributed by atoms with Gasteiger partial charge in [-0.3, -0.25) is 0 Å². The molecule has 0 amide bonds. The molecule has 0 rings (SSSR count). The molecule has 3 nitrogen and oxygen atoms in total. The highest BCUT2D eigenvalue weighted by Gasteiger charge is 2.00. The molecule has 0 aromatic carbocycles. The highest BCUT2D eigenvalue weighted by atomic mass is 16.5. The summed E-state index contributed by atoms with van der Waals surface area (Å²) in [7, 11) is 5.90. The molecule has 0 spiro atoms. The van der Waals surface area contributed by atoms with Crippen LogP contribution in [-0.4, -0.2) is 51.8 Å². The van der Waals surface area contributed by atoms with Crippen LogP contribution in [0.3, 0.4) is 0 Å². The van der Waals surface area contributed by atoms with Crippen LogP contribution in [0.4, 0.5) is 0 Å². The van der Waals surface area contributed by atoms with Crippen molar-refractivity contribution in [2.45, 2.75) is 25.8 Å². The fourth-order valence-corrected chi connectivity index (χ4v) is 1.17. The number of nitrogens with one attached hydrogen (secondary N) is 1. The van der Waals surface area contributed by atoms with E-state index in [1.165, 1.54) is 12.8 Å². The monoisotopic (exact) mass is 188 g/mol. The maximum Gasteiger partial charge on any atom is 0.0589 e. The number of hydrogen-bond donors (Lipinski definition) is 1. The number of ether oxygens (including phenoxy) is 1. The Morgan fingerprint density at radius 3 is 2.62 bits per heavy atom. The zero-order valence-corrected chi connectivity index (χ0v) is 9.47. The molecule has 1 unspecified atom stereocenters. The molecular formula is C10H24N2O. The summed E-state index contributed by atoms with van der Waals surface area (Å²) in [5, 5.41) is 3.24. The van der Waals surface area contributed by atoms with Gasteiger partial charge in [-0.05, 0) is 40.4 Å². The van der Waals surface area contributed by atoms with Crippen molar-refractivity contribution >= 4 is 0 Å².